The highest BCUT2D eigenvalue weighted by molar-refractivity contribution is 6.04. The number of hydrogen-bond acceptors (Lipinski definition) is 6. The molecule has 0 radical (unpaired) electrons. The molecule has 6 heteroatoms. The van der Waals surface area contributed by atoms with Crippen LogP contribution in [0.1, 0.15) is 32.8 Å². The number of esters is 2. The van der Waals surface area contributed by atoms with Gasteiger partial charge in [-0.2, -0.15) is 0 Å². The van der Waals surface area contributed by atoms with Gasteiger partial charge in [0.1, 0.15) is 12.2 Å². The van der Waals surface area contributed by atoms with Crippen LogP contribution in [0.15, 0.2) is 30.3 Å². The van der Waals surface area contributed by atoms with Crippen molar-refractivity contribution in [3.8, 4) is 0 Å². The Hall–Kier alpha value is -1.92. The Bertz CT molecular complexity index is 509. The van der Waals surface area contributed by atoms with Crippen LogP contribution in [-0.2, 0) is 25.7 Å². The van der Waals surface area contributed by atoms with Crippen molar-refractivity contribution >= 4 is 11.9 Å². The number of hydrogen-bond donors (Lipinski definition) is 2. The molecular formula is C16H23NO5. The van der Waals surface area contributed by atoms with Gasteiger partial charge in [0.25, 0.3) is 0 Å². The first-order valence-corrected chi connectivity index (χ1v) is 7.03. The second kappa shape index (κ2) is 7.38. The molecule has 1 atom stereocenters. The lowest BCUT2D eigenvalue weighted by atomic mass is 9.96. The minimum absolute atomic E-state index is 0.00709. The molecule has 1 aromatic carbocycles. The van der Waals surface area contributed by atoms with Gasteiger partial charge in [-0.1, -0.05) is 30.3 Å². The summed E-state index contributed by atoms with van der Waals surface area (Å²) in [6, 6.07) is 9.02. The standard InChI is InChI=1S/C16H23NO5/c1-15(2,3)22-14(20)16(17,9-10-18)13(19)21-11-12-7-5-4-6-8-12/h4-8,18H,9-11,17H2,1-3H3/t16-/m0/s1. The third-order valence-electron chi connectivity index (χ3n) is 2.85. The van der Waals surface area contributed by atoms with Gasteiger partial charge in [0.05, 0.1) is 0 Å². The van der Waals surface area contributed by atoms with E-state index in [2.05, 4.69) is 0 Å². The summed E-state index contributed by atoms with van der Waals surface area (Å²) >= 11 is 0. The van der Waals surface area contributed by atoms with Gasteiger partial charge in [-0.3, -0.25) is 0 Å². The Morgan fingerprint density at radius 2 is 1.73 bits per heavy atom. The summed E-state index contributed by atoms with van der Waals surface area (Å²) < 4.78 is 10.3. The fourth-order valence-electron chi connectivity index (χ4n) is 1.68. The number of ether oxygens (including phenoxy) is 2. The maximum absolute atomic E-state index is 12.2. The van der Waals surface area contributed by atoms with E-state index < -0.39 is 29.7 Å². The molecule has 0 aliphatic heterocycles. The highest BCUT2D eigenvalue weighted by Crippen LogP contribution is 2.18. The van der Waals surface area contributed by atoms with Gasteiger partial charge in [-0.15, -0.1) is 0 Å². The molecule has 0 aliphatic rings. The summed E-state index contributed by atoms with van der Waals surface area (Å²) in [4.78, 5) is 24.4. The van der Waals surface area contributed by atoms with E-state index in [0.29, 0.717) is 0 Å². The molecule has 0 aromatic heterocycles. The molecule has 22 heavy (non-hydrogen) atoms. The van der Waals surface area contributed by atoms with Crippen LogP contribution < -0.4 is 5.73 Å². The quantitative estimate of drug-likeness (QED) is 0.604. The SMILES string of the molecule is CC(C)(C)OC(=O)[C@](N)(CCO)C(=O)OCc1ccccc1. The van der Waals surface area contributed by atoms with E-state index in [9.17, 15) is 9.59 Å². The van der Waals surface area contributed by atoms with Gasteiger partial charge in [-0.25, -0.2) is 9.59 Å². The van der Waals surface area contributed by atoms with E-state index in [0.717, 1.165) is 5.56 Å². The molecule has 122 valence electrons. The Labute approximate surface area is 130 Å². The zero-order chi connectivity index (χ0) is 16.8. The minimum Gasteiger partial charge on any atom is -0.459 e. The summed E-state index contributed by atoms with van der Waals surface area (Å²) in [6.07, 6.45) is -0.268. The minimum atomic E-state index is -2.02. The predicted octanol–water partition coefficient (Wildman–Crippen LogP) is 1.15. The van der Waals surface area contributed by atoms with Crippen LogP contribution in [0.25, 0.3) is 0 Å². The summed E-state index contributed by atoms with van der Waals surface area (Å²) in [6.45, 7) is 4.56. The molecular weight excluding hydrogens is 286 g/mol. The van der Waals surface area contributed by atoms with E-state index in [1.54, 1.807) is 45.0 Å². The fourth-order valence-corrected chi connectivity index (χ4v) is 1.68. The largest absolute Gasteiger partial charge is 0.459 e. The van der Waals surface area contributed by atoms with Crippen LogP contribution in [-0.4, -0.2) is 34.8 Å². The first kappa shape index (κ1) is 18.1. The first-order chi connectivity index (χ1) is 10.2. The van der Waals surface area contributed by atoms with Crippen LogP contribution in [0, 0.1) is 0 Å². The Morgan fingerprint density at radius 1 is 1.14 bits per heavy atom. The van der Waals surface area contributed by atoms with E-state index in [1.807, 2.05) is 6.07 Å². The summed E-state index contributed by atoms with van der Waals surface area (Å²) in [7, 11) is 0. The monoisotopic (exact) mass is 309 g/mol. The Morgan fingerprint density at radius 3 is 2.23 bits per heavy atom. The van der Waals surface area contributed by atoms with Crippen molar-refractivity contribution in [3.05, 3.63) is 35.9 Å². The van der Waals surface area contributed by atoms with Crippen molar-refractivity contribution in [2.75, 3.05) is 6.61 Å². The first-order valence-electron chi connectivity index (χ1n) is 7.03. The van der Waals surface area contributed by atoms with Gasteiger partial charge >= 0.3 is 11.9 Å². The highest BCUT2D eigenvalue weighted by Gasteiger charge is 2.46. The van der Waals surface area contributed by atoms with E-state index in [4.69, 9.17) is 20.3 Å². The number of carbonyl (C=O) groups excluding carboxylic acids is 2. The molecule has 0 amide bonds. The van der Waals surface area contributed by atoms with Gasteiger partial charge in [0.2, 0.25) is 5.54 Å². The third kappa shape index (κ3) is 5.13. The Balaban J connectivity index is 2.79. The number of aliphatic hydroxyl groups is 1. The van der Waals surface area contributed by atoms with Gasteiger partial charge in [0, 0.05) is 13.0 Å². The van der Waals surface area contributed by atoms with Crippen LogP contribution in [0.2, 0.25) is 0 Å². The normalized spacial score (nSPS) is 14.0. The molecule has 3 N–H and O–H groups in total. The molecule has 0 aliphatic carbocycles. The van der Waals surface area contributed by atoms with Gasteiger partial charge in [0.15, 0.2) is 0 Å². The van der Waals surface area contributed by atoms with Crippen molar-refractivity contribution < 1.29 is 24.2 Å². The smallest absolute Gasteiger partial charge is 0.338 e. The maximum Gasteiger partial charge on any atom is 0.338 e. The maximum atomic E-state index is 12.2. The second-order valence-corrected chi connectivity index (χ2v) is 6.01. The van der Waals surface area contributed by atoms with Crippen molar-refractivity contribution in [3.63, 3.8) is 0 Å². The predicted molar refractivity (Wildman–Crippen MR) is 80.7 cm³/mol. The summed E-state index contributed by atoms with van der Waals surface area (Å²) in [5.74, 6) is -1.83. The number of rotatable bonds is 6. The average molecular weight is 309 g/mol. The summed E-state index contributed by atoms with van der Waals surface area (Å²) in [5.41, 5.74) is 3.82. The summed E-state index contributed by atoms with van der Waals surface area (Å²) in [5, 5.41) is 9.09. The van der Waals surface area contributed by atoms with Crippen molar-refractivity contribution in [1.82, 2.24) is 0 Å². The highest BCUT2D eigenvalue weighted by atomic mass is 16.6. The molecule has 0 saturated carbocycles. The molecule has 0 heterocycles. The Kier molecular flexibility index (Phi) is 6.08. The molecule has 6 nitrogen and oxygen atoms in total. The number of aliphatic hydroxyl groups excluding tert-OH is 1. The van der Waals surface area contributed by atoms with E-state index >= 15 is 0 Å². The number of benzene rings is 1. The number of nitrogens with two attached hydrogens (primary N) is 1. The van der Waals surface area contributed by atoms with Crippen LogP contribution in [0.4, 0.5) is 0 Å². The van der Waals surface area contributed by atoms with E-state index in [1.165, 1.54) is 0 Å². The molecule has 0 saturated heterocycles. The molecule has 0 unspecified atom stereocenters. The van der Waals surface area contributed by atoms with Gasteiger partial charge < -0.3 is 20.3 Å². The molecule has 1 rings (SSSR count). The topological polar surface area (TPSA) is 98.9 Å². The fraction of sp³-hybridized carbons (Fsp3) is 0.500. The molecule has 0 fully saturated rings. The van der Waals surface area contributed by atoms with Crippen molar-refractivity contribution in [2.45, 2.75) is 44.9 Å². The zero-order valence-electron chi connectivity index (χ0n) is 13.2. The average Bonchev–Trinajstić information content (AvgIpc) is 2.44. The zero-order valence-corrected chi connectivity index (χ0v) is 13.2. The molecule has 0 bridgehead atoms. The lowest BCUT2D eigenvalue weighted by molar-refractivity contribution is -0.173. The van der Waals surface area contributed by atoms with E-state index in [-0.39, 0.29) is 13.0 Å². The van der Waals surface area contributed by atoms with Crippen molar-refractivity contribution in [2.24, 2.45) is 5.73 Å². The number of carbonyl (C=O) groups is 2. The van der Waals surface area contributed by atoms with Crippen LogP contribution in [0.5, 0.6) is 0 Å². The third-order valence-corrected chi connectivity index (χ3v) is 2.85. The molecule has 1 aromatic rings. The van der Waals surface area contributed by atoms with Crippen LogP contribution >= 0.6 is 0 Å². The molecule has 0 spiro atoms. The second-order valence-electron chi connectivity index (χ2n) is 6.01. The van der Waals surface area contributed by atoms with Crippen molar-refractivity contribution in [1.29, 1.82) is 0 Å². The lowest BCUT2D eigenvalue weighted by Crippen LogP contribution is -2.58. The van der Waals surface area contributed by atoms with Crippen LogP contribution in [0.3, 0.4) is 0 Å². The van der Waals surface area contributed by atoms with Gasteiger partial charge in [-0.05, 0) is 26.3 Å². The lowest BCUT2D eigenvalue weighted by Gasteiger charge is -2.29.